The molecule has 5 heteroatoms. The predicted molar refractivity (Wildman–Crippen MR) is 132 cm³/mol. The van der Waals surface area contributed by atoms with Crippen LogP contribution < -0.4 is 10.1 Å². The predicted octanol–water partition coefficient (Wildman–Crippen LogP) is 5.08. The molecule has 4 rings (SSSR count). The Balaban J connectivity index is 1.53. The number of hydrogen-bond acceptors (Lipinski definition) is 4. The van der Waals surface area contributed by atoms with Crippen molar-refractivity contribution in [1.29, 1.82) is 0 Å². The van der Waals surface area contributed by atoms with Crippen LogP contribution in [0.15, 0.2) is 36.5 Å². The average molecular weight is 450 g/mol. The lowest BCUT2D eigenvalue weighted by atomic mass is 9.86. The minimum atomic E-state index is -0.432. The summed E-state index contributed by atoms with van der Waals surface area (Å²) in [7, 11) is 0. The fraction of sp³-hybridized carbons (Fsp3) is 0.571. The molecule has 1 N–H and O–H groups in total. The minimum Gasteiger partial charge on any atom is -0.494 e. The average Bonchev–Trinajstić information content (AvgIpc) is 3.25. The summed E-state index contributed by atoms with van der Waals surface area (Å²) in [5.74, 6) is 1.44. The molecule has 33 heavy (non-hydrogen) atoms. The zero-order chi connectivity index (χ0) is 23.4. The van der Waals surface area contributed by atoms with Crippen LogP contribution in [0.2, 0.25) is 0 Å². The summed E-state index contributed by atoms with van der Waals surface area (Å²) in [6, 6.07) is 10.6. The van der Waals surface area contributed by atoms with E-state index in [1.54, 1.807) is 0 Å². The van der Waals surface area contributed by atoms with Crippen molar-refractivity contribution >= 4 is 5.91 Å². The third kappa shape index (κ3) is 5.75. The molecule has 1 aromatic heterocycles. The number of rotatable bonds is 7. The van der Waals surface area contributed by atoms with E-state index in [2.05, 4.69) is 34.3 Å². The van der Waals surface area contributed by atoms with E-state index in [4.69, 9.17) is 4.74 Å². The molecule has 1 amide bonds. The molecule has 1 saturated heterocycles. The maximum Gasteiger partial charge on any atom is 0.225 e. The number of likely N-dealkylation sites (tertiary alicyclic amines) is 1. The molecule has 2 aliphatic rings. The number of pyridine rings is 1. The van der Waals surface area contributed by atoms with Crippen LogP contribution in [0.5, 0.6) is 5.75 Å². The molecule has 1 aliphatic carbocycles. The van der Waals surface area contributed by atoms with Crippen LogP contribution in [0.1, 0.15) is 75.4 Å². The van der Waals surface area contributed by atoms with Crippen molar-refractivity contribution in [2.24, 2.45) is 11.3 Å². The number of piperidine rings is 1. The summed E-state index contributed by atoms with van der Waals surface area (Å²) in [4.78, 5) is 20.1. The number of nitrogens with zero attached hydrogens (tertiary/aromatic N) is 2. The summed E-state index contributed by atoms with van der Waals surface area (Å²) in [5, 5.41) is 3.34. The van der Waals surface area contributed by atoms with E-state index in [0.717, 1.165) is 43.9 Å². The number of carbonyl (C=O) groups excluding carboxylic acids is 1. The molecule has 1 aromatic carbocycles. The lowest BCUT2D eigenvalue weighted by Crippen LogP contribution is -2.45. The molecular weight excluding hydrogens is 410 g/mol. The van der Waals surface area contributed by atoms with Gasteiger partial charge in [-0.1, -0.05) is 32.9 Å². The van der Waals surface area contributed by atoms with Gasteiger partial charge in [-0.2, -0.15) is 0 Å². The van der Waals surface area contributed by atoms with E-state index < -0.39 is 5.41 Å². The second kappa shape index (κ2) is 10.3. The van der Waals surface area contributed by atoms with Crippen LogP contribution in [0, 0.1) is 11.3 Å². The maximum absolute atomic E-state index is 12.9. The number of benzene rings is 1. The Morgan fingerprint density at radius 1 is 1.21 bits per heavy atom. The first-order valence-corrected chi connectivity index (χ1v) is 12.6. The molecule has 1 aliphatic heterocycles. The molecule has 1 fully saturated rings. The third-order valence-electron chi connectivity index (χ3n) is 6.96. The Kier molecular flexibility index (Phi) is 7.38. The highest BCUT2D eigenvalue weighted by Crippen LogP contribution is 2.34. The van der Waals surface area contributed by atoms with Gasteiger partial charge in [-0.15, -0.1) is 0 Å². The van der Waals surface area contributed by atoms with Gasteiger partial charge in [0, 0.05) is 30.3 Å². The molecule has 0 radical (unpaired) electrons. The first-order valence-electron chi connectivity index (χ1n) is 12.6. The van der Waals surface area contributed by atoms with Gasteiger partial charge in [-0.05, 0) is 80.8 Å². The van der Waals surface area contributed by atoms with Crippen molar-refractivity contribution in [2.45, 2.75) is 72.4 Å². The number of aryl methyl sites for hydroxylation is 2. The quantitative estimate of drug-likeness (QED) is 0.640. The van der Waals surface area contributed by atoms with Crippen LogP contribution in [0.3, 0.4) is 0 Å². The fourth-order valence-corrected chi connectivity index (χ4v) is 5.16. The van der Waals surface area contributed by atoms with Crippen molar-refractivity contribution in [2.75, 3.05) is 19.7 Å². The van der Waals surface area contributed by atoms with Gasteiger partial charge < -0.3 is 10.1 Å². The smallest absolute Gasteiger partial charge is 0.225 e. The lowest BCUT2D eigenvalue weighted by Gasteiger charge is -2.38. The molecule has 5 nitrogen and oxygen atoms in total. The Labute approximate surface area is 198 Å². The Hall–Kier alpha value is -2.40. The number of hydrogen-bond donors (Lipinski definition) is 1. The summed E-state index contributed by atoms with van der Waals surface area (Å²) in [6.07, 6.45) is 7.62. The second-order valence-electron chi connectivity index (χ2n) is 10.6. The first-order chi connectivity index (χ1) is 15.8. The molecule has 178 valence electrons. The summed E-state index contributed by atoms with van der Waals surface area (Å²) in [6.45, 7) is 11.5. The molecule has 2 atom stereocenters. The van der Waals surface area contributed by atoms with Gasteiger partial charge in [0.2, 0.25) is 5.91 Å². The van der Waals surface area contributed by atoms with Crippen molar-refractivity contribution in [3.05, 3.63) is 58.9 Å². The molecular formula is C28H39N3O2. The van der Waals surface area contributed by atoms with E-state index in [1.165, 1.54) is 36.0 Å². The third-order valence-corrected chi connectivity index (χ3v) is 6.96. The van der Waals surface area contributed by atoms with Gasteiger partial charge in [-0.25, -0.2) is 0 Å². The summed E-state index contributed by atoms with van der Waals surface area (Å²) < 4.78 is 6.04. The zero-order valence-electron chi connectivity index (χ0n) is 20.7. The van der Waals surface area contributed by atoms with E-state index in [9.17, 15) is 4.79 Å². The first kappa shape index (κ1) is 23.7. The van der Waals surface area contributed by atoms with Crippen molar-refractivity contribution < 1.29 is 9.53 Å². The molecule has 0 spiro atoms. The highest BCUT2D eigenvalue weighted by atomic mass is 16.5. The van der Waals surface area contributed by atoms with Gasteiger partial charge in [0.1, 0.15) is 5.75 Å². The van der Waals surface area contributed by atoms with Gasteiger partial charge in [0.25, 0.3) is 0 Å². The van der Waals surface area contributed by atoms with E-state index in [1.807, 2.05) is 45.2 Å². The standard InChI is InChI=1S/C28H39N3O2/c1-5-33-25-17-21-11-8-10-20(21)16-23(25)19-31-15-9-12-22(18-31)26(24-13-6-7-14-29-24)30-27(32)28(2,3)4/h6-7,13-14,16-17,22,26H,5,8-12,15,18-19H2,1-4H3,(H,30,32)/t22-,26+/m1/s1. The topological polar surface area (TPSA) is 54.5 Å². The second-order valence-corrected chi connectivity index (χ2v) is 10.6. The Morgan fingerprint density at radius 3 is 2.70 bits per heavy atom. The Bertz CT molecular complexity index is 952. The van der Waals surface area contributed by atoms with Crippen molar-refractivity contribution in [3.63, 3.8) is 0 Å². The monoisotopic (exact) mass is 449 g/mol. The van der Waals surface area contributed by atoms with Crippen LogP contribution in [0.4, 0.5) is 0 Å². The van der Waals surface area contributed by atoms with Gasteiger partial charge in [-0.3, -0.25) is 14.7 Å². The summed E-state index contributed by atoms with van der Waals surface area (Å²) >= 11 is 0. The highest BCUT2D eigenvalue weighted by molar-refractivity contribution is 5.81. The fourth-order valence-electron chi connectivity index (χ4n) is 5.16. The van der Waals surface area contributed by atoms with E-state index >= 15 is 0 Å². The largest absolute Gasteiger partial charge is 0.494 e. The van der Waals surface area contributed by atoms with Gasteiger partial charge >= 0.3 is 0 Å². The van der Waals surface area contributed by atoms with E-state index in [-0.39, 0.29) is 11.9 Å². The number of ether oxygens (including phenoxy) is 1. The number of fused-ring (bicyclic) bond motifs is 1. The Morgan fingerprint density at radius 2 is 2.00 bits per heavy atom. The molecule has 0 unspecified atom stereocenters. The normalized spacial score (nSPS) is 19.7. The number of nitrogens with one attached hydrogen (secondary N) is 1. The van der Waals surface area contributed by atoms with E-state index in [0.29, 0.717) is 12.5 Å². The SMILES string of the molecule is CCOc1cc2c(cc1CN1CCC[C@@H]([C@H](NC(=O)C(C)(C)C)c3ccccn3)C1)CCC2. The highest BCUT2D eigenvalue weighted by Gasteiger charge is 2.33. The molecule has 2 heterocycles. The van der Waals surface area contributed by atoms with Crippen molar-refractivity contribution in [3.8, 4) is 5.75 Å². The van der Waals surface area contributed by atoms with Crippen LogP contribution in [-0.4, -0.2) is 35.5 Å². The molecule has 2 aromatic rings. The van der Waals surface area contributed by atoms with Gasteiger partial charge in [0.05, 0.1) is 18.3 Å². The van der Waals surface area contributed by atoms with Crippen LogP contribution >= 0.6 is 0 Å². The number of aromatic nitrogens is 1. The molecule has 0 bridgehead atoms. The van der Waals surface area contributed by atoms with Crippen LogP contribution in [-0.2, 0) is 24.2 Å². The summed E-state index contributed by atoms with van der Waals surface area (Å²) in [5.41, 5.74) is 4.77. The minimum absolute atomic E-state index is 0.0764. The number of amides is 1. The number of carbonyl (C=O) groups is 1. The van der Waals surface area contributed by atoms with Crippen LogP contribution in [0.25, 0.3) is 0 Å². The maximum atomic E-state index is 12.9. The van der Waals surface area contributed by atoms with Crippen molar-refractivity contribution in [1.82, 2.24) is 15.2 Å². The zero-order valence-corrected chi connectivity index (χ0v) is 20.7. The van der Waals surface area contributed by atoms with Gasteiger partial charge in [0.15, 0.2) is 0 Å². The lowest BCUT2D eigenvalue weighted by molar-refractivity contribution is -0.130. The molecule has 0 saturated carbocycles.